The van der Waals surface area contributed by atoms with E-state index in [-0.39, 0.29) is 11.6 Å². The Balaban J connectivity index is 2.13. The van der Waals surface area contributed by atoms with Crippen molar-refractivity contribution in [3.8, 4) is 0 Å². The predicted molar refractivity (Wildman–Crippen MR) is 95.5 cm³/mol. The summed E-state index contributed by atoms with van der Waals surface area (Å²) in [5.41, 5.74) is 1.11. The van der Waals surface area contributed by atoms with Gasteiger partial charge in [-0.05, 0) is 30.7 Å². The average molecular weight is 346 g/mol. The molecule has 1 heterocycles. The number of para-hydroxylation sites is 1. The van der Waals surface area contributed by atoms with Gasteiger partial charge in [0.1, 0.15) is 5.69 Å². The number of carbonyl (C=O) groups is 2. The number of carbonyl (C=O) groups excluding carboxylic acids is 2. The molecule has 0 bridgehead atoms. The number of aromatic nitrogens is 1. The summed E-state index contributed by atoms with van der Waals surface area (Å²) in [4.78, 5) is 30.4. The zero-order valence-corrected chi connectivity index (χ0v) is 14.5. The lowest BCUT2D eigenvalue weighted by Crippen LogP contribution is -2.28. The van der Waals surface area contributed by atoms with Gasteiger partial charge in [-0.2, -0.15) is 0 Å². The zero-order chi connectivity index (χ0) is 17.5. The van der Waals surface area contributed by atoms with Crippen molar-refractivity contribution in [2.45, 2.75) is 19.8 Å². The number of nitrogens with one attached hydrogen (secondary N) is 1. The second-order valence-corrected chi connectivity index (χ2v) is 5.85. The summed E-state index contributed by atoms with van der Waals surface area (Å²) in [6.45, 7) is 2.75. The van der Waals surface area contributed by atoms with Crippen LogP contribution in [-0.4, -0.2) is 35.3 Å². The van der Waals surface area contributed by atoms with Gasteiger partial charge in [0.05, 0.1) is 10.7 Å². The molecule has 1 aromatic carbocycles. The largest absolute Gasteiger partial charge is 0.342 e. The van der Waals surface area contributed by atoms with E-state index in [0.29, 0.717) is 22.8 Å². The van der Waals surface area contributed by atoms with Gasteiger partial charge in [0.15, 0.2) is 0 Å². The van der Waals surface area contributed by atoms with Gasteiger partial charge in [-0.15, -0.1) is 0 Å². The molecule has 0 radical (unpaired) electrons. The van der Waals surface area contributed by atoms with E-state index in [2.05, 4.69) is 17.2 Å². The average Bonchev–Trinajstić information content (AvgIpc) is 2.61. The maximum absolute atomic E-state index is 12.4. The second-order valence-electron chi connectivity index (χ2n) is 5.44. The quantitative estimate of drug-likeness (QED) is 0.864. The Bertz CT molecular complexity index is 734. The molecule has 0 fully saturated rings. The molecule has 2 rings (SSSR count). The molecule has 1 aromatic heterocycles. The predicted octanol–water partition coefficient (Wildman–Crippen LogP) is 3.86. The second kappa shape index (κ2) is 8.45. The minimum absolute atomic E-state index is 0.127. The minimum atomic E-state index is -0.408. The number of halogens is 1. The van der Waals surface area contributed by atoms with E-state index in [1.54, 1.807) is 42.3 Å². The first-order valence-corrected chi connectivity index (χ1v) is 8.18. The lowest BCUT2D eigenvalue weighted by molar-refractivity contribution is 0.0793. The third kappa shape index (κ3) is 4.55. The van der Waals surface area contributed by atoms with Crippen LogP contribution in [0.5, 0.6) is 0 Å². The molecule has 0 spiro atoms. The van der Waals surface area contributed by atoms with Gasteiger partial charge in [0, 0.05) is 25.4 Å². The highest BCUT2D eigenvalue weighted by atomic mass is 35.5. The number of amides is 2. The number of nitrogens with zero attached hydrogens (tertiary/aromatic N) is 2. The van der Waals surface area contributed by atoms with Gasteiger partial charge in [0.2, 0.25) is 0 Å². The van der Waals surface area contributed by atoms with Crippen LogP contribution in [0.15, 0.2) is 42.6 Å². The fourth-order valence-electron chi connectivity index (χ4n) is 2.15. The molecule has 24 heavy (non-hydrogen) atoms. The van der Waals surface area contributed by atoms with Gasteiger partial charge in [0.25, 0.3) is 11.8 Å². The molecule has 0 aliphatic carbocycles. The Hall–Kier alpha value is -2.40. The van der Waals surface area contributed by atoms with Gasteiger partial charge >= 0.3 is 0 Å². The Morgan fingerprint density at radius 2 is 2.00 bits per heavy atom. The molecular formula is C18H20ClN3O2. The molecule has 2 amide bonds. The Kier molecular flexibility index (Phi) is 6.32. The van der Waals surface area contributed by atoms with Crippen LogP contribution in [-0.2, 0) is 0 Å². The molecule has 6 heteroatoms. The number of anilines is 1. The monoisotopic (exact) mass is 345 g/mol. The molecule has 126 valence electrons. The van der Waals surface area contributed by atoms with Crippen LogP contribution in [0.1, 0.15) is 40.6 Å². The molecular weight excluding hydrogens is 326 g/mol. The standard InChI is InChI=1S/C18H20ClN3O2/c1-3-4-11-22(2)18(24)13-9-10-20-16(12-13)17(23)21-15-8-6-5-7-14(15)19/h5-10,12H,3-4,11H2,1-2H3,(H,21,23). The molecule has 0 atom stereocenters. The van der Waals surface area contributed by atoms with Crippen molar-refractivity contribution in [2.24, 2.45) is 0 Å². The number of pyridine rings is 1. The van der Waals surface area contributed by atoms with E-state index >= 15 is 0 Å². The van der Waals surface area contributed by atoms with Crippen LogP contribution in [0.2, 0.25) is 5.02 Å². The fraction of sp³-hybridized carbons (Fsp3) is 0.278. The molecule has 0 aliphatic rings. The van der Waals surface area contributed by atoms with Crippen LogP contribution in [0.3, 0.4) is 0 Å². The highest BCUT2D eigenvalue weighted by Gasteiger charge is 2.15. The molecule has 0 aliphatic heterocycles. The highest BCUT2D eigenvalue weighted by Crippen LogP contribution is 2.21. The van der Waals surface area contributed by atoms with Gasteiger partial charge in [-0.1, -0.05) is 37.1 Å². The highest BCUT2D eigenvalue weighted by molar-refractivity contribution is 6.33. The first-order chi connectivity index (χ1) is 11.5. The third-order valence-corrected chi connectivity index (χ3v) is 3.88. The van der Waals surface area contributed by atoms with Crippen LogP contribution < -0.4 is 5.32 Å². The lowest BCUT2D eigenvalue weighted by atomic mass is 10.2. The normalized spacial score (nSPS) is 10.3. The van der Waals surface area contributed by atoms with Crippen LogP contribution in [0.4, 0.5) is 5.69 Å². The molecule has 0 unspecified atom stereocenters. The number of hydrogen-bond donors (Lipinski definition) is 1. The molecule has 0 saturated heterocycles. The molecule has 5 nitrogen and oxygen atoms in total. The Morgan fingerprint density at radius 1 is 1.25 bits per heavy atom. The summed E-state index contributed by atoms with van der Waals surface area (Å²) in [6.07, 6.45) is 3.41. The summed E-state index contributed by atoms with van der Waals surface area (Å²) in [5, 5.41) is 3.14. The number of rotatable bonds is 6. The van der Waals surface area contributed by atoms with Gasteiger partial charge in [-0.25, -0.2) is 0 Å². The number of hydrogen-bond acceptors (Lipinski definition) is 3. The Labute approximate surface area is 146 Å². The lowest BCUT2D eigenvalue weighted by Gasteiger charge is -2.17. The summed E-state index contributed by atoms with van der Waals surface area (Å²) < 4.78 is 0. The summed E-state index contributed by atoms with van der Waals surface area (Å²) in [7, 11) is 1.75. The van der Waals surface area contributed by atoms with Crippen molar-refractivity contribution in [1.82, 2.24) is 9.88 Å². The summed E-state index contributed by atoms with van der Waals surface area (Å²) in [6, 6.07) is 10.0. The smallest absolute Gasteiger partial charge is 0.274 e. The van der Waals surface area contributed by atoms with E-state index in [1.807, 2.05) is 0 Å². The van der Waals surface area contributed by atoms with Gasteiger partial charge < -0.3 is 10.2 Å². The fourth-order valence-corrected chi connectivity index (χ4v) is 2.34. The van der Waals surface area contributed by atoms with E-state index in [9.17, 15) is 9.59 Å². The van der Waals surface area contributed by atoms with Crippen molar-refractivity contribution < 1.29 is 9.59 Å². The number of unbranched alkanes of at least 4 members (excludes halogenated alkanes) is 1. The molecule has 0 saturated carbocycles. The van der Waals surface area contributed by atoms with E-state index < -0.39 is 5.91 Å². The Morgan fingerprint density at radius 3 is 2.71 bits per heavy atom. The van der Waals surface area contributed by atoms with Gasteiger partial charge in [-0.3, -0.25) is 14.6 Å². The number of benzene rings is 1. The van der Waals surface area contributed by atoms with Crippen molar-refractivity contribution in [3.63, 3.8) is 0 Å². The first kappa shape index (κ1) is 17.9. The van der Waals surface area contributed by atoms with Crippen molar-refractivity contribution in [3.05, 3.63) is 58.9 Å². The summed E-state index contributed by atoms with van der Waals surface area (Å²) >= 11 is 6.03. The van der Waals surface area contributed by atoms with Crippen molar-refractivity contribution in [2.75, 3.05) is 18.9 Å². The van der Waals surface area contributed by atoms with E-state index in [0.717, 1.165) is 12.8 Å². The zero-order valence-electron chi connectivity index (χ0n) is 13.8. The maximum atomic E-state index is 12.4. The summed E-state index contributed by atoms with van der Waals surface area (Å²) in [5.74, 6) is -0.536. The van der Waals surface area contributed by atoms with Crippen LogP contribution in [0, 0.1) is 0 Å². The van der Waals surface area contributed by atoms with Crippen LogP contribution >= 0.6 is 11.6 Å². The van der Waals surface area contributed by atoms with E-state index in [4.69, 9.17) is 11.6 Å². The third-order valence-electron chi connectivity index (χ3n) is 3.56. The molecule has 1 N–H and O–H groups in total. The topological polar surface area (TPSA) is 62.3 Å². The van der Waals surface area contributed by atoms with Crippen LogP contribution in [0.25, 0.3) is 0 Å². The van der Waals surface area contributed by atoms with E-state index in [1.165, 1.54) is 12.3 Å². The SMILES string of the molecule is CCCCN(C)C(=O)c1ccnc(C(=O)Nc2ccccc2Cl)c1. The van der Waals surface area contributed by atoms with Crippen molar-refractivity contribution in [1.29, 1.82) is 0 Å². The van der Waals surface area contributed by atoms with Crippen molar-refractivity contribution >= 4 is 29.1 Å². The minimum Gasteiger partial charge on any atom is -0.342 e. The maximum Gasteiger partial charge on any atom is 0.274 e. The first-order valence-electron chi connectivity index (χ1n) is 7.80. The molecule has 2 aromatic rings.